The molecule has 0 radical (unpaired) electrons. The maximum atomic E-state index is 17.1. The van der Waals surface area contributed by atoms with Gasteiger partial charge in [-0.25, -0.2) is 13.8 Å². The van der Waals surface area contributed by atoms with Gasteiger partial charge in [-0.15, -0.1) is 6.42 Å². The van der Waals surface area contributed by atoms with Crippen molar-refractivity contribution in [3.63, 3.8) is 0 Å². The largest absolute Gasteiger partial charge is 0.508 e. The van der Waals surface area contributed by atoms with Gasteiger partial charge in [-0.1, -0.05) is 12.0 Å². The van der Waals surface area contributed by atoms with Crippen LogP contribution in [0.15, 0.2) is 48.8 Å². The van der Waals surface area contributed by atoms with Crippen LogP contribution in [-0.4, -0.2) is 167 Å². The van der Waals surface area contributed by atoms with Crippen molar-refractivity contribution in [2.24, 2.45) is 5.41 Å². The molecule has 5 aromatic rings. The molecule has 0 spiro atoms. The monoisotopic (exact) mass is 968 g/mol. The minimum absolute atomic E-state index is 0.00394. The Morgan fingerprint density at radius 2 is 1.66 bits per heavy atom. The summed E-state index contributed by atoms with van der Waals surface area (Å²) in [5.74, 6) is 0.129. The summed E-state index contributed by atoms with van der Waals surface area (Å²) in [6, 6.07) is 8.76. The predicted octanol–water partition coefficient (Wildman–Crippen LogP) is 2.81. The fraction of sp³-hybridized carbons (Fsp3) is 0.451. The first-order valence-corrected chi connectivity index (χ1v) is 24.4. The van der Waals surface area contributed by atoms with Crippen molar-refractivity contribution < 1.29 is 37.8 Å². The van der Waals surface area contributed by atoms with Crippen LogP contribution in [0, 0.1) is 29.4 Å². The minimum atomic E-state index is -0.776. The van der Waals surface area contributed by atoms with Crippen LogP contribution in [0.4, 0.5) is 20.3 Å². The Kier molecular flexibility index (Phi) is 12.3. The topological polar surface area (TPSA) is 202 Å². The van der Waals surface area contributed by atoms with Crippen molar-refractivity contribution in [3.8, 4) is 35.4 Å². The van der Waals surface area contributed by atoms with Crippen molar-refractivity contribution in [2.45, 2.75) is 56.7 Å². The molecular weight excluding hydrogens is 915 g/mol. The maximum Gasteiger partial charge on any atom is 0.319 e. The second-order valence-electron chi connectivity index (χ2n) is 19.8. The van der Waals surface area contributed by atoms with E-state index in [1.807, 2.05) is 11.0 Å². The number of halogens is 2. The third kappa shape index (κ3) is 9.48. The highest BCUT2D eigenvalue weighted by molar-refractivity contribution is 6.04. The van der Waals surface area contributed by atoms with Crippen LogP contribution in [0.2, 0.25) is 0 Å². The Labute approximate surface area is 408 Å². The van der Waals surface area contributed by atoms with Gasteiger partial charge in [-0.2, -0.15) is 9.97 Å². The Balaban J connectivity index is 0.706. The van der Waals surface area contributed by atoms with E-state index in [4.69, 9.17) is 16.1 Å². The number of fused-ring (bicyclic) bond motifs is 4. The van der Waals surface area contributed by atoms with Crippen molar-refractivity contribution in [3.05, 3.63) is 71.7 Å². The molecule has 1 aliphatic carbocycles. The summed E-state index contributed by atoms with van der Waals surface area (Å²) in [5, 5.41) is 20.3. The first-order chi connectivity index (χ1) is 34.4. The van der Waals surface area contributed by atoms with Gasteiger partial charge in [-0.05, 0) is 67.8 Å². The third-order valence-corrected chi connectivity index (χ3v) is 15.0. The molecule has 3 unspecified atom stereocenters. The summed E-state index contributed by atoms with van der Waals surface area (Å²) in [5.41, 5.74) is 0.856. The number of anilines is 2. The molecule has 71 heavy (non-hydrogen) atoms. The Bertz CT molecular complexity index is 2980. The van der Waals surface area contributed by atoms with Gasteiger partial charge in [0.2, 0.25) is 17.7 Å². The maximum absolute atomic E-state index is 17.1. The number of nitrogens with zero attached hydrogens (tertiary/aromatic N) is 9. The summed E-state index contributed by atoms with van der Waals surface area (Å²) in [6.45, 7) is 8.27. The minimum Gasteiger partial charge on any atom is -0.508 e. The molecule has 1 saturated carbocycles. The van der Waals surface area contributed by atoms with Crippen LogP contribution in [-0.2, 0) is 14.4 Å². The van der Waals surface area contributed by atoms with E-state index in [1.165, 1.54) is 30.5 Å². The molecule has 3 atom stereocenters. The number of piperazine rings is 3. The highest BCUT2D eigenvalue weighted by Gasteiger charge is 2.46. The molecule has 3 aromatic heterocycles. The third-order valence-electron chi connectivity index (χ3n) is 15.0. The fourth-order valence-corrected chi connectivity index (χ4v) is 10.8. The molecule has 368 valence electrons. The van der Waals surface area contributed by atoms with E-state index < -0.39 is 29.5 Å². The van der Waals surface area contributed by atoms with Gasteiger partial charge in [-0.3, -0.25) is 39.3 Å². The molecule has 5 aliphatic heterocycles. The van der Waals surface area contributed by atoms with E-state index in [2.05, 4.69) is 56.4 Å². The number of carbonyl (C=O) groups is 4. The number of benzene rings is 2. The molecule has 4 amide bonds. The first-order valence-electron chi connectivity index (χ1n) is 24.4. The molecule has 18 nitrogen and oxygen atoms in total. The van der Waals surface area contributed by atoms with Crippen molar-refractivity contribution in [1.29, 1.82) is 0 Å². The van der Waals surface area contributed by atoms with Gasteiger partial charge in [0.05, 0.1) is 36.0 Å². The summed E-state index contributed by atoms with van der Waals surface area (Å²) < 4.78 is 38.6. The average Bonchev–Trinajstić information content (AvgIpc) is 4.06. The van der Waals surface area contributed by atoms with E-state index in [9.17, 15) is 24.3 Å². The van der Waals surface area contributed by atoms with Crippen LogP contribution in [0.25, 0.3) is 32.9 Å². The van der Waals surface area contributed by atoms with Gasteiger partial charge < -0.3 is 35.2 Å². The van der Waals surface area contributed by atoms with Crippen LogP contribution in [0.1, 0.15) is 54.6 Å². The molecule has 2 aromatic carbocycles. The Morgan fingerprint density at radius 3 is 2.37 bits per heavy atom. The molecular formula is C51H54F2N12O6. The molecule has 20 heteroatoms. The summed E-state index contributed by atoms with van der Waals surface area (Å²) in [4.78, 5) is 79.0. The van der Waals surface area contributed by atoms with Crippen molar-refractivity contribution in [1.82, 2.24) is 50.6 Å². The number of terminal acetylenes is 1. The zero-order valence-corrected chi connectivity index (χ0v) is 39.1. The lowest BCUT2D eigenvalue weighted by atomic mass is 9.96. The highest BCUT2D eigenvalue weighted by atomic mass is 19.1. The Hall–Kier alpha value is -7.08. The van der Waals surface area contributed by atoms with Crippen LogP contribution >= 0.6 is 0 Å². The second kappa shape index (κ2) is 18.9. The van der Waals surface area contributed by atoms with Gasteiger partial charge in [0.25, 0.3) is 5.91 Å². The number of nitrogens with one attached hydrogen (secondary N) is 3. The van der Waals surface area contributed by atoms with Crippen LogP contribution in [0.5, 0.6) is 11.8 Å². The van der Waals surface area contributed by atoms with E-state index in [0.717, 1.165) is 51.0 Å². The second-order valence-corrected chi connectivity index (χ2v) is 19.8. The number of amides is 4. The van der Waals surface area contributed by atoms with Gasteiger partial charge in [0.15, 0.2) is 5.82 Å². The zero-order chi connectivity index (χ0) is 49.0. The van der Waals surface area contributed by atoms with Crippen LogP contribution < -0.4 is 30.5 Å². The summed E-state index contributed by atoms with van der Waals surface area (Å²) in [7, 11) is 0. The lowest BCUT2D eigenvalue weighted by Crippen LogP contribution is -2.54. The average molecular weight is 969 g/mol. The van der Waals surface area contributed by atoms with Gasteiger partial charge in [0.1, 0.15) is 40.3 Å². The number of hydrogen-bond donors (Lipinski definition) is 4. The Morgan fingerprint density at radius 1 is 0.901 bits per heavy atom. The number of pyridine rings is 2. The number of aromatic hydroxyl groups is 1. The first kappa shape index (κ1) is 46.3. The van der Waals surface area contributed by atoms with Crippen molar-refractivity contribution in [2.75, 3.05) is 94.9 Å². The van der Waals surface area contributed by atoms with E-state index in [1.54, 1.807) is 12.3 Å². The van der Waals surface area contributed by atoms with Gasteiger partial charge >= 0.3 is 6.01 Å². The smallest absolute Gasteiger partial charge is 0.319 e. The fourth-order valence-electron chi connectivity index (χ4n) is 10.8. The number of carbonyl (C=O) groups excluding carboxylic acids is 4. The molecule has 2 bridgehead atoms. The quantitative estimate of drug-likeness (QED) is 0.105. The van der Waals surface area contributed by atoms with Crippen molar-refractivity contribution >= 4 is 56.8 Å². The number of phenols is 1. The van der Waals surface area contributed by atoms with E-state index in [0.29, 0.717) is 82.1 Å². The molecule has 6 fully saturated rings. The number of phenolic OH excluding ortho intramolecular Hbond substituents is 1. The molecule has 6 aliphatic rings. The number of imide groups is 1. The van der Waals surface area contributed by atoms with Gasteiger partial charge in [0, 0.05) is 113 Å². The predicted molar refractivity (Wildman–Crippen MR) is 259 cm³/mol. The number of rotatable bonds is 12. The lowest BCUT2D eigenvalue weighted by Gasteiger charge is -2.39. The van der Waals surface area contributed by atoms with E-state index in [-0.39, 0.29) is 87.3 Å². The molecule has 5 saturated heterocycles. The summed E-state index contributed by atoms with van der Waals surface area (Å²) in [6.07, 6.45) is 13.3. The standard InChI is InChI=1S/C51H54F2N12O6/c1-2-35-38(52)7-3-30-21-34(66)22-36(43(30)35)45-44(53)46-37(24-55-45)47(65-25-31-4-5-32(26-65)56-31)60-50(59-46)71-29-51(11-12-51)28-62-15-19-64(20-16-62)42(68)27-61-13-17-63(18-14-61)33-6-8-39(54-23-33)48(69)57-40-9-10-41(67)58-49(40)70/h1,3,6-8,21-24,31-32,40,56,66H,4-5,9-20,25-29H2,(H,57,69)(H,58,67,70). The highest BCUT2D eigenvalue weighted by Crippen LogP contribution is 2.47. The van der Waals surface area contributed by atoms with Crippen LogP contribution in [0.3, 0.4) is 0 Å². The number of hydrogen-bond acceptors (Lipinski definition) is 15. The molecule has 8 heterocycles. The zero-order valence-electron chi connectivity index (χ0n) is 39.1. The number of piperidine rings is 1. The number of ether oxygens (including phenoxy) is 1. The lowest BCUT2D eigenvalue weighted by molar-refractivity contribution is -0.135. The molecule has 4 N–H and O–H groups in total. The normalized spacial score (nSPS) is 22.4. The van der Waals surface area contributed by atoms with E-state index >= 15 is 8.78 Å². The molecule has 11 rings (SSSR count). The number of aromatic nitrogens is 4. The summed E-state index contributed by atoms with van der Waals surface area (Å²) >= 11 is 0. The SMILES string of the molecule is C#Cc1c(F)ccc2cc(O)cc(-c3ncc4c(N5CC6CCC(C5)N6)nc(OCC5(CN6CCN(C(=O)CN7CCN(c8ccc(C(=O)NC9CCC(=O)NC9=O)nc8)CC7)CC6)CC5)nc4c3F)c12.